The van der Waals surface area contributed by atoms with Gasteiger partial charge in [-0.3, -0.25) is 14.3 Å². The summed E-state index contributed by atoms with van der Waals surface area (Å²) in [5, 5.41) is 4.51. The second kappa shape index (κ2) is 10.5. The third kappa shape index (κ3) is 5.24. The molecule has 0 aliphatic heterocycles. The minimum atomic E-state index is -4.33. The molecule has 0 spiro atoms. The van der Waals surface area contributed by atoms with Gasteiger partial charge in [-0.2, -0.15) is 5.10 Å². The number of aromatic nitrogens is 4. The van der Waals surface area contributed by atoms with Gasteiger partial charge >= 0.3 is 0 Å². The number of nitrogens with one attached hydrogen (secondary N) is 2. The molecule has 37 heavy (non-hydrogen) atoms. The van der Waals surface area contributed by atoms with Crippen LogP contribution in [0.2, 0.25) is 0 Å². The van der Waals surface area contributed by atoms with Crippen molar-refractivity contribution < 1.29 is 22.3 Å². The number of aromatic amines is 1. The fourth-order valence-corrected chi connectivity index (χ4v) is 4.90. The summed E-state index contributed by atoms with van der Waals surface area (Å²) in [6.07, 6.45) is 1.41. The zero-order valence-electron chi connectivity index (χ0n) is 20.5. The Bertz CT molecular complexity index is 1630. The van der Waals surface area contributed by atoms with Crippen molar-refractivity contribution in [1.82, 2.24) is 24.5 Å². The molecular formula is C25H26FN5O5S. The predicted octanol–water partition coefficient (Wildman–Crippen LogP) is 3.42. The fraction of sp³-hybridized carbons (Fsp3) is 0.280. The van der Waals surface area contributed by atoms with E-state index in [9.17, 15) is 22.4 Å². The second-order valence-electron chi connectivity index (χ2n) is 8.16. The van der Waals surface area contributed by atoms with E-state index in [1.54, 1.807) is 11.6 Å². The molecule has 2 aromatic carbocycles. The lowest BCUT2D eigenvalue weighted by molar-refractivity contribution is 0.0981. The molecule has 0 aliphatic rings. The normalized spacial score (nSPS) is 11.6. The van der Waals surface area contributed by atoms with Gasteiger partial charge in [-0.25, -0.2) is 22.5 Å². The van der Waals surface area contributed by atoms with E-state index in [1.807, 2.05) is 18.6 Å². The molecule has 2 N–H and O–H groups in total. The van der Waals surface area contributed by atoms with Gasteiger partial charge in [0.1, 0.15) is 22.9 Å². The maximum Gasteiger partial charge on any atom is 0.277 e. The average Bonchev–Trinajstić information content (AvgIpc) is 3.22. The number of rotatable bonds is 9. The Balaban J connectivity index is 1.81. The first-order valence-corrected chi connectivity index (χ1v) is 13.3. The molecule has 2 aromatic heterocycles. The van der Waals surface area contributed by atoms with Crippen LogP contribution in [0.1, 0.15) is 43.2 Å². The van der Waals surface area contributed by atoms with Gasteiger partial charge in [-0.1, -0.05) is 13.3 Å². The predicted molar refractivity (Wildman–Crippen MR) is 135 cm³/mol. The molecule has 194 valence electrons. The summed E-state index contributed by atoms with van der Waals surface area (Å²) >= 11 is 0. The molecule has 2 heterocycles. The van der Waals surface area contributed by atoms with Crippen molar-refractivity contribution in [3.8, 4) is 17.1 Å². The van der Waals surface area contributed by atoms with E-state index >= 15 is 0 Å². The number of halogens is 1. The first-order valence-electron chi connectivity index (χ1n) is 11.8. The number of hydrogen-bond donors (Lipinski definition) is 2. The van der Waals surface area contributed by atoms with E-state index < -0.39 is 27.3 Å². The van der Waals surface area contributed by atoms with Crippen molar-refractivity contribution in [2.75, 3.05) is 6.61 Å². The van der Waals surface area contributed by atoms with Crippen LogP contribution in [-0.2, 0) is 23.0 Å². The van der Waals surface area contributed by atoms with Gasteiger partial charge in [-0.05, 0) is 62.7 Å². The number of benzene rings is 2. The SMILES string of the molecule is CCCc1nn(CC)c2c(=O)[nH]c(-c3cc(S(=O)(=O)NC(=O)c4ccc(F)cc4)ccc3OCC)nc12. The van der Waals surface area contributed by atoms with Crippen molar-refractivity contribution in [2.24, 2.45) is 0 Å². The minimum absolute atomic E-state index is 0.0241. The molecule has 0 fully saturated rings. The van der Waals surface area contributed by atoms with Crippen LogP contribution in [0, 0.1) is 5.82 Å². The van der Waals surface area contributed by atoms with E-state index in [0.29, 0.717) is 35.4 Å². The van der Waals surface area contributed by atoms with E-state index in [0.717, 1.165) is 18.6 Å². The maximum absolute atomic E-state index is 13.2. The van der Waals surface area contributed by atoms with Crippen molar-refractivity contribution in [3.63, 3.8) is 0 Å². The number of nitrogens with zero attached hydrogens (tertiary/aromatic N) is 3. The molecule has 10 nitrogen and oxygen atoms in total. The van der Waals surface area contributed by atoms with Crippen molar-refractivity contribution in [3.05, 3.63) is 69.9 Å². The largest absolute Gasteiger partial charge is 0.493 e. The molecule has 0 aliphatic carbocycles. The molecule has 0 bridgehead atoms. The number of sulfonamides is 1. The van der Waals surface area contributed by atoms with Crippen molar-refractivity contribution >= 4 is 27.0 Å². The molecule has 12 heteroatoms. The van der Waals surface area contributed by atoms with Crippen molar-refractivity contribution in [2.45, 2.75) is 45.1 Å². The van der Waals surface area contributed by atoms with E-state index in [-0.39, 0.29) is 28.5 Å². The Kier molecular flexibility index (Phi) is 7.39. The van der Waals surface area contributed by atoms with E-state index in [2.05, 4.69) is 15.1 Å². The highest BCUT2D eigenvalue weighted by Gasteiger charge is 2.23. The van der Waals surface area contributed by atoms with Gasteiger partial charge in [0, 0.05) is 12.1 Å². The first kappa shape index (κ1) is 26.0. The van der Waals surface area contributed by atoms with Crippen LogP contribution >= 0.6 is 0 Å². The highest BCUT2D eigenvalue weighted by Crippen LogP contribution is 2.31. The highest BCUT2D eigenvalue weighted by molar-refractivity contribution is 7.90. The standard InChI is InChI=1S/C25H26FN5O5S/c1-4-7-19-21-22(31(5-2)29-19)25(33)28-23(27-21)18-14-17(12-13-20(18)36-6-3)37(34,35)30-24(32)15-8-10-16(26)11-9-15/h8-14H,4-7H2,1-3H3,(H,30,32)(H,27,28,33). The Morgan fingerprint density at radius 3 is 2.51 bits per heavy atom. The topological polar surface area (TPSA) is 136 Å². The molecule has 0 atom stereocenters. The fourth-order valence-electron chi connectivity index (χ4n) is 3.90. The smallest absolute Gasteiger partial charge is 0.277 e. The number of carbonyl (C=O) groups is 1. The number of fused-ring (bicyclic) bond motifs is 1. The van der Waals surface area contributed by atoms with Crippen LogP contribution < -0.4 is 15.0 Å². The van der Waals surface area contributed by atoms with Crippen LogP contribution in [-0.4, -0.2) is 40.7 Å². The monoisotopic (exact) mass is 527 g/mol. The van der Waals surface area contributed by atoms with Crippen LogP contribution in [0.5, 0.6) is 5.75 Å². The molecule has 0 saturated carbocycles. The van der Waals surface area contributed by atoms with Gasteiger partial charge in [0.05, 0.1) is 22.8 Å². The number of amides is 1. The van der Waals surface area contributed by atoms with Gasteiger partial charge in [0.2, 0.25) is 0 Å². The third-order valence-electron chi connectivity index (χ3n) is 5.60. The van der Waals surface area contributed by atoms with Gasteiger partial charge in [-0.15, -0.1) is 0 Å². The quantitative estimate of drug-likeness (QED) is 0.340. The molecule has 0 radical (unpaired) electrons. The third-order valence-corrected chi connectivity index (χ3v) is 6.93. The molecule has 0 unspecified atom stereocenters. The lowest BCUT2D eigenvalue weighted by Gasteiger charge is -2.13. The van der Waals surface area contributed by atoms with Crippen LogP contribution in [0.3, 0.4) is 0 Å². The lowest BCUT2D eigenvalue weighted by atomic mass is 10.1. The zero-order valence-corrected chi connectivity index (χ0v) is 21.4. The summed E-state index contributed by atoms with van der Waals surface area (Å²) in [5.74, 6) is -1.07. The van der Waals surface area contributed by atoms with Crippen LogP contribution in [0.15, 0.2) is 52.2 Å². The zero-order chi connectivity index (χ0) is 26.7. The van der Waals surface area contributed by atoms with Crippen LogP contribution in [0.25, 0.3) is 22.4 Å². The highest BCUT2D eigenvalue weighted by atomic mass is 32.2. The number of hydrogen-bond acceptors (Lipinski definition) is 7. The van der Waals surface area contributed by atoms with E-state index in [1.165, 1.54) is 30.3 Å². The second-order valence-corrected chi connectivity index (χ2v) is 9.84. The van der Waals surface area contributed by atoms with Crippen molar-refractivity contribution in [1.29, 1.82) is 0 Å². The summed E-state index contributed by atoms with van der Waals surface area (Å²) in [4.78, 5) is 32.6. The summed E-state index contributed by atoms with van der Waals surface area (Å²) in [7, 11) is -4.33. The number of H-pyrrole nitrogens is 1. The number of aryl methyl sites for hydroxylation is 2. The first-order chi connectivity index (χ1) is 17.7. The number of ether oxygens (including phenoxy) is 1. The molecule has 4 rings (SSSR count). The summed E-state index contributed by atoms with van der Waals surface area (Å²) in [5.41, 5.74) is 1.22. The van der Waals surface area contributed by atoms with Crippen LogP contribution in [0.4, 0.5) is 4.39 Å². The Hall–Kier alpha value is -4.06. The summed E-state index contributed by atoms with van der Waals surface area (Å²) in [6.45, 7) is 6.39. The van der Waals surface area contributed by atoms with Gasteiger partial charge in [0.15, 0.2) is 5.52 Å². The minimum Gasteiger partial charge on any atom is -0.493 e. The average molecular weight is 528 g/mol. The molecule has 0 saturated heterocycles. The maximum atomic E-state index is 13.2. The molecule has 1 amide bonds. The molecule has 4 aromatic rings. The van der Waals surface area contributed by atoms with Gasteiger partial charge < -0.3 is 9.72 Å². The Labute approximate surface area is 212 Å². The van der Waals surface area contributed by atoms with Gasteiger partial charge in [0.25, 0.3) is 21.5 Å². The molecular weight excluding hydrogens is 501 g/mol. The Morgan fingerprint density at radius 2 is 1.86 bits per heavy atom. The summed E-state index contributed by atoms with van der Waals surface area (Å²) < 4.78 is 48.5. The number of carbonyl (C=O) groups excluding carboxylic acids is 1. The van der Waals surface area contributed by atoms with E-state index in [4.69, 9.17) is 4.74 Å². The summed E-state index contributed by atoms with van der Waals surface area (Å²) in [6, 6.07) is 8.46. The lowest BCUT2D eigenvalue weighted by Crippen LogP contribution is -2.30. The Morgan fingerprint density at radius 1 is 1.14 bits per heavy atom.